The number of rotatable bonds is 9. The second-order valence-corrected chi connectivity index (χ2v) is 4.93. The highest BCUT2D eigenvalue weighted by molar-refractivity contribution is 5.53. The van der Waals surface area contributed by atoms with Crippen LogP contribution in [-0.4, -0.2) is 12.5 Å². The van der Waals surface area contributed by atoms with Crippen LogP contribution in [0.3, 0.4) is 0 Å². The molecule has 19 heavy (non-hydrogen) atoms. The van der Waals surface area contributed by atoms with Crippen molar-refractivity contribution in [2.24, 2.45) is 0 Å². The van der Waals surface area contributed by atoms with Crippen molar-refractivity contribution < 1.29 is 4.79 Å². The van der Waals surface area contributed by atoms with E-state index in [4.69, 9.17) is 0 Å². The zero-order chi connectivity index (χ0) is 14.1. The number of benzene rings is 1. The third-order valence-corrected chi connectivity index (χ3v) is 3.51. The molecule has 104 valence electrons. The van der Waals surface area contributed by atoms with Gasteiger partial charge in [0.1, 0.15) is 0 Å². The first kappa shape index (κ1) is 15.5. The van der Waals surface area contributed by atoms with Gasteiger partial charge in [0.25, 0.3) is 0 Å². The van der Waals surface area contributed by atoms with Crippen molar-refractivity contribution in [2.45, 2.75) is 52.0 Å². The van der Waals surface area contributed by atoms with Crippen molar-refractivity contribution in [3.63, 3.8) is 0 Å². The summed E-state index contributed by atoms with van der Waals surface area (Å²) in [5, 5.41) is 2.86. The topological polar surface area (TPSA) is 29.1 Å². The molecule has 2 nitrogen and oxygen atoms in total. The predicted molar refractivity (Wildman–Crippen MR) is 82.1 cm³/mol. The number of hydrogen-bond donors (Lipinski definition) is 1. The summed E-state index contributed by atoms with van der Waals surface area (Å²) in [7, 11) is 0. The monoisotopic (exact) mass is 259 g/mol. The number of unbranched alkanes of at least 4 members (excludes halogenated alkanes) is 1. The molecule has 0 spiro atoms. The van der Waals surface area contributed by atoms with Crippen molar-refractivity contribution in [1.82, 2.24) is 5.32 Å². The van der Waals surface area contributed by atoms with Crippen LogP contribution in [0.25, 0.3) is 6.08 Å². The predicted octanol–water partition coefficient (Wildman–Crippen LogP) is 3.74. The number of hydrogen-bond acceptors (Lipinski definition) is 1. The van der Waals surface area contributed by atoms with Crippen LogP contribution in [0, 0.1) is 0 Å². The normalized spacial score (nSPS) is 11.9. The molecule has 1 aromatic rings. The second kappa shape index (κ2) is 8.52. The van der Waals surface area contributed by atoms with Crippen LogP contribution in [0.1, 0.15) is 49.8 Å². The van der Waals surface area contributed by atoms with Crippen LogP contribution in [-0.2, 0) is 17.6 Å². The molecule has 0 radical (unpaired) electrons. The Bertz CT molecular complexity index is 412. The van der Waals surface area contributed by atoms with Crippen molar-refractivity contribution >= 4 is 12.5 Å². The quantitative estimate of drug-likeness (QED) is 0.672. The van der Waals surface area contributed by atoms with E-state index in [-0.39, 0.29) is 6.04 Å². The smallest absolute Gasteiger partial charge is 0.207 e. The largest absolute Gasteiger partial charge is 0.356 e. The molecule has 0 aliphatic heterocycles. The minimum atomic E-state index is 0.219. The van der Waals surface area contributed by atoms with E-state index in [1.54, 1.807) is 0 Å². The first-order chi connectivity index (χ1) is 9.24. The van der Waals surface area contributed by atoms with E-state index < -0.39 is 0 Å². The maximum absolute atomic E-state index is 10.5. The molecule has 0 saturated carbocycles. The Morgan fingerprint density at radius 2 is 2.16 bits per heavy atom. The molecule has 0 aliphatic rings. The van der Waals surface area contributed by atoms with Gasteiger partial charge in [-0.25, -0.2) is 0 Å². The van der Waals surface area contributed by atoms with E-state index in [1.165, 1.54) is 29.5 Å². The minimum Gasteiger partial charge on any atom is -0.356 e. The van der Waals surface area contributed by atoms with Gasteiger partial charge in [-0.15, -0.1) is 0 Å². The highest BCUT2D eigenvalue weighted by atomic mass is 16.1. The molecule has 1 unspecified atom stereocenters. The summed E-state index contributed by atoms with van der Waals surface area (Å²) in [5.41, 5.74) is 3.86. The highest BCUT2D eigenvalue weighted by Gasteiger charge is 2.07. The summed E-state index contributed by atoms with van der Waals surface area (Å²) in [6, 6.07) is 6.80. The van der Waals surface area contributed by atoms with Gasteiger partial charge in [-0.05, 0) is 42.4 Å². The van der Waals surface area contributed by atoms with Gasteiger partial charge in [0.05, 0.1) is 0 Å². The van der Waals surface area contributed by atoms with Gasteiger partial charge in [0.2, 0.25) is 6.41 Å². The first-order valence-corrected chi connectivity index (χ1v) is 7.19. The molecule has 0 aliphatic carbocycles. The van der Waals surface area contributed by atoms with Crippen molar-refractivity contribution in [3.8, 4) is 0 Å². The molecule has 0 bridgehead atoms. The van der Waals surface area contributed by atoms with Crippen LogP contribution >= 0.6 is 0 Å². The lowest BCUT2D eigenvalue weighted by molar-refractivity contribution is -0.110. The lowest BCUT2D eigenvalue weighted by Crippen LogP contribution is -2.29. The third kappa shape index (κ3) is 4.90. The molecular weight excluding hydrogens is 234 g/mol. The maximum atomic E-state index is 10.5. The number of nitrogens with one attached hydrogen (secondary N) is 1. The maximum Gasteiger partial charge on any atom is 0.207 e. The van der Waals surface area contributed by atoms with Gasteiger partial charge < -0.3 is 5.32 Å². The Balaban J connectivity index is 2.80. The lowest BCUT2D eigenvalue weighted by Gasteiger charge is -2.15. The van der Waals surface area contributed by atoms with Gasteiger partial charge in [0.15, 0.2) is 0 Å². The van der Waals surface area contributed by atoms with E-state index in [0.717, 1.165) is 25.7 Å². The molecule has 2 heteroatoms. The Morgan fingerprint density at radius 1 is 1.37 bits per heavy atom. The van der Waals surface area contributed by atoms with Gasteiger partial charge >= 0.3 is 0 Å². The number of carbonyl (C=O) groups excluding carboxylic acids is 1. The first-order valence-electron chi connectivity index (χ1n) is 7.19. The average Bonchev–Trinajstić information content (AvgIpc) is 2.45. The molecule has 0 fully saturated rings. The van der Waals surface area contributed by atoms with Crippen molar-refractivity contribution in [2.75, 3.05) is 0 Å². The fourth-order valence-corrected chi connectivity index (χ4v) is 2.26. The molecule has 0 aromatic heterocycles. The minimum absolute atomic E-state index is 0.219. The van der Waals surface area contributed by atoms with Gasteiger partial charge in [-0.3, -0.25) is 4.79 Å². The molecule has 1 atom stereocenters. The fourth-order valence-electron chi connectivity index (χ4n) is 2.26. The van der Waals surface area contributed by atoms with Crippen LogP contribution in [0.5, 0.6) is 0 Å². The third-order valence-electron chi connectivity index (χ3n) is 3.51. The van der Waals surface area contributed by atoms with E-state index >= 15 is 0 Å². The summed E-state index contributed by atoms with van der Waals surface area (Å²) < 4.78 is 0. The Hall–Kier alpha value is -1.57. The zero-order valence-corrected chi connectivity index (χ0v) is 12.1. The van der Waals surface area contributed by atoms with Gasteiger partial charge in [0, 0.05) is 6.04 Å². The van der Waals surface area contributed by atoms with Crippen molar-refractivity contribution in [1.29, 1.82) is 0 Å². The number of carbonyl (C=O) groups is 1. The summed E-state index contributed by atoms with van der Waals surface area (Å²) >= 11 is 0. The summed E-state index contributed by atoms with van der Waals surface area (Å²) in [4.78, 5) is 10.5. The SMILES string of the molecule is C=Cc1cc(CC(CC)NC=O)ccc1CCCC. The van der Waals surface area contributed by atoms with Crippen LogP contribution in [0.2, 0.25) is 0 Å². The molecule has 0 heterocycles. The van der Waals surface area contributed by atoms with Gasteiger partial charge in [-0.1, -0.05) is 51.1 Å². The van der Waals surface area contributed by atoms with Crippen LogP contribution in [0.4, 0.5) is 0 Å². The number of amides is 1. The van der Waals surface area contributed by atoms with E-state index in [9.17, 15) is 4.79 Å². The highest BCUT2D eigenvalue weighted by Crippen LogP contribution is 2.17. The van der Waals surface area contributed by atoms with Gasteiger partial charge in [-0.2, -0.15) is 0 Å². The summed E-state index contributed by atoms with van der Waals surface area (Å²) in [6.07, 6.45) is 8.08. The summed E-state index contributed by atoms with van der Waals surface area (Å²) in [6.45, 7) is 8.20. The Labute approximate surface area is 116 Å². The average molecular weight is 259 g/mol. The van der Waals surface area contributed by atoms with E-state index in [2.05, 4.69) is 43.9 Å². The second-order valence-electron chi connectivity index (χ2n) is 4.93. The molecule has 1 aromatic carbocycles. The molecule has 1 rings (SSSR count). The fraction of sp³-hybridized carbons (Fsp3) is 0.471. The number of aryl methyl sites for hydroxylation is 1. The van der Waals surface area contributed by atoms with Crippen molar-refractivity contribution in [3.05, 3.63) is 41.5 Å². The Kier molecular flexibility index (Phi) is 6.94. The van der Waals surface area contributed by atoms with Crippen LogP contribution < -0.4 is 5.32 Å². The Morgan fingerprint density at radius 3 is 2.74 bits per heavy atom. The summed E-state index contributed by atoms with van der Waals surface area (Å²) in [5.74, 6) is 0. The molecule has 0 saturated heterocycles. The van der Waals surface area contributed by atoms with E-state index in [0.29, 0.717) is 0 Å². The lowest BCUT2D eigenvalue weighted by atomic mass is 9.96. The zero-order valence-electron chi connectivity index (χ0n) is 12.1. The molecule has 1 amide bonds. The van der Waals surface area contributed by atoms with E-state index in [1.807, 2.05) is 6.08 Å². The molecule has 1 N–H and O–H groups in total. The molecular formula is C17H25NO. The van der Waals surface area contributed by atoms with Crippen LogP contribution in [0.15, 0.2) is 24.8 Å². The standard InChI is InChI=1S/C17H25NO/c1-4-7-8-16-10-9-14(11-15(16)5-2)12-17(6-3)18-13-19/h5,9-11,13,17H,2,4,6-8,12H2,1,3H3,(H,18,19).